The second-order valence-electron chi connectivity index (χ2n) is 3.27. The zero-order valence-electron chi connectivity index (χ0n) is 8.97. The summed E-state index contributed by atoms with van der Waals surface area (Å²) in [5.74, 6) is 1.23. The van der Waals surface area contributed by atoms with Crippen LogP contribution in [-0.2, 0) is 6.54 Å². The lowest BCUT2D eigenvalue weighted by atomic mass is 10.2. The third kappa shape index (κ3) is 3.89. The Kier molecular flexibility index (Phi) is 5.22. The Labute approximate surface area is 111 Å². The van der Waals surface area contributed by atoms with Crippen LogP contribution in [0.3, 0.4) is 0 Å². The minimum Gasteiger partial charge on any atom is -0.439 e. The van der Waals surface area contributed by atoms with Gasteiger partial charge in [0.25, 0.3) is 0 Å². The Morgan fingerprint density at radius 1 is 1.24 bits per heavy atom. The lowest BCUT2D eigenvalue weighted by Crippen LogP contribution is -1.96. The molecule has 1 aromatic carbocycles. The molecule has 3 nitrogen and oxygen atoms in total. The predicted molar refractivity (Wildman–Crippen MR) is 70.9 cm³/mol. The maximum atomic E-state index is 5.73. The number of aromatic nitrogens is 1. The molecule has 1 heterocycles. The van der Waals surface area contributed by atoms with Gasteiger partial charge >= 0.3 is 0 Å². The minimum absolute atomic E-state index is 0. The van der Waals surface area contributed by atoms with E-state index in [9.17, 15) is 0 Å². The van der Waals surface area contributed by atoms with E-state index < -0.39 is 0 Å². The number of hydrogen-bond acceptors (Lipinski definition) is 3. The first-order valence-electron chi connectivity index (χ1n) is 4.86. The van der Waals surface area contributed by atoms with Crippen LogP contribution in [0.25, 0.3) is 0 Å². The molecule has 0 unspecified atom stereocenters. The van der Waals surface area contributed by atoms with Gasteiger partial charge in [0.05, 0.1) is 5.02 Å². The normalized spacial score (nSPS) is 9.53. The van der Waals surface area contributed by atoms with E-state index in [0.717, 1.165) is 11.3 Å². The zero-order valence-corrected chi connectivity index (χ0v) is 10.5. The van der Waals surface area contributed by atoms with Gasteiger partial charge in [0.2, 0.25) is 5.88 Å². The second-order valence-corrected chi connectivity index (χ2v) is 3.70. The number of hydrogen-bond donors (Lipinski definition) is 1. The molecule has 2 rings (SSSR count). The molecule has 2 N–H and O–H groups in total. The average molecular weight is 271 g/mol. The molecule has 0 spiro atoms. The molecular weight excluding hydrogens is 259 g/mol. The molecule has 0 saturated carbocycles. The monoisotopic (exact) mass is 270 g/mol. The van der Waals surface area contributed by atoms with Crippen molar-refractivity contribution in [3.63, 3.8) is 0 Å². The van der Waals surface area contributed by atoms with Crippen LogP contribution in [0.5, 0.6) is 11.6 Å². The highest BCUT2D eigenvalue weighted by molar-refractivity contribution is 6.30. The first kappa shape index (κ1) is 13.8. The van der Waals surface area contributed by atoms with Gasteiger partial charge in [-0.1, -0.05) is 23.7 Å². The van der Waals surface area contributed by atoms with Gasteiger partial charge in [0.15, 0.2) is 0 Å². The largest absolute Gasteiger partial charge is 0.439 e. The molecule has 0 fully saturated rings. The molecular formula is C12H12Cl2N2O. The standard InChI is InChI=1S/C12H11ClN2O.ClH/c13-10-4-5-12(15-8-10)16-11-3-1-2-9(6-11)7-14;/h1-6,8H,7,14H2;1H. The van der Waals surface area contributed by atoms with Crippen LogP contribution in [0.2, 0.25) is 5.02 Å². The van der Waals surface area contributed by atoms with Crippen molar-refractivity contribution >= 4 is 24.0 Å². The molecule has 0 aliphatic rings. The highest BCUT2D eigenvalue weighted by Gasteiger charge is 1.99. The molecule has 0 radical (unpaired) electrons. The van der Waals surface area contributed by atoms with Crippen LogP contribution in [0, 0.1) is 0 Å². The first-order chi connectivity index (χ1) is 7.78. The summed E-state index contributed by atoms with van der Waals surface area (Å²) in [4.78, 5) is 4.04. The molecule has 0 aliphatic heterocycles. The van der Waals surface area contributed by atoms with Gasteiger partial charge in [-0.2, -0.15) is 0 Å². The Morgan fingerprint density at radius 3 is 2.71 bits per heavy atom. The zero-order chi connectivity index (χ0) is 11.4. The van der Waals surface area contributed by atoms with Gasteiger partial charge < -0.3 is 10.5 Å². The average Bonchev–Trinajstić information content (AvgIpc) is 2.32. The molecule has 2 aromatic rings. The fraction of sp³-hybridized carbons (Fsp3) is 0.0833. The summed E-state index contributed by atoms with van der Waals surface area (Å²) in [5.41, 5.74) is 6.56. The minimum atomic E-state index is 0. The predicted octanol–water partition coefficient (Wildman–Crippen LogP) is 3.41. The SMILES string of the molecule is Cl.NCc1cccc(Oc2ccc(Cl)cn2)c1. The van der Waals surface area contributed by atoms with Gasteiger partial charge in [-0.3, -0.25) is 0 Å². The van der Waals surface area contributed by atoms with Crippen LogP contribution in [0.15, 0.2) is 42.6 Å². The van der Waals surface area contributed by atoms with E-state index >= 15 is 0 Å². The molecule has 1 aromatic heterocycles. The van der Waals surface area contributed by atoms with Crippen molar-refractivity contribution in [3.8, 4) is 11.6 Å². The van der Waals surface area contributed by atoms with Crippen LogP contribution in [-0.4, -0.2) is 4.98 Å². The number of nitrogens with two attached hydrogens (primary N) is 1. The fourth-order valence-corrected chi connectivity index (χ4v) is 1.39. The van der Waals surface area contributed by atoms with Crippen LogP contribution < -0.4 is 10.5 Å². The summed E-state index contributed by atoms with van der Waals surface area (Å²) in [5, 5.41) is 0.586. The molecule has 0 amide bonds. The molecule has 0 atom stereocenters. The van der Waals surface area contributed by atoms with Gasteiger partial charge in [-0.25, -0.2) is 4.98 Å². The van der Waals surface area contributed by atoms with Crippen molar-refractivity contribution in [2.24, 2.45) is 5.73 Å². The maximum absolute atomic E-state index is 5.73. The van der Waals surface area contributed by atoms with Gasteiger partial charge in [0, 0.05) is 18.8 Å². The van der Waals surface area contributed by atoms with Gasteiger partial charge in [0.1, 0.15) is 5.75 Å². The fourth-order valence-electron chi connectivity index (χ4n) is 1.28. The van der Waals surface area contributed by atoms with Crippen molar-refractivity contribution in [3.05, 3.63) is 53.2 Å². The number of rotatable bonds is 3. The smallest absolute Gasteiger partial charge is 0.219 e. The van der Waals surface area contributed by atoms with E-state index in [1.54, 1.807) is 18.3 Å². The van der Waals surface area contributed by atoms with Crippen molar-refractivity contribution in [2.45, 2.75) is 6.54 Å². The Balaban J connectivity index is 0.00000144. The second kappa shape index (κ2) is 6.45. The van der Waals surface area contributed by atoms with E-state index in [2.05, 4.69) is 4.98 Å². The van der Waals surface area contributed by atoms with Crippen molar-refractivity contribution in [1.82, 2.24) is 4.98 Å². The quantitative estimate of drug-likeness (QED) is 0.930. The van der Waals surface area contributed by atoms with Crippen molar-refractivity contribution in [2.75, 3.05) is 0 Å². The molecule has 0 saturated heterocycles. The number of ether oxygens (including phenoxy) is 1. The summed E-state index contributed by atoms with van der Waals surface area (Å²) in [6.07, 6.45) is 1.55. The highest BCUT2D eigenvalue weighted by atomic mass is 35.5. The van der Waals surface area contributed by atoms with Gasteiger partial charge in [-0.05, 0) is 23.8 Å². The Hall–Kier alpha value is -1.29. The summed E-state index contributed by atoms with van der Waals surface area (Å²) in [7, 11) is 0. The number of benzene rings is 1. The van der Waals surface area contributed by atoms with Crippen LogP contribution >= 0.6 is 24.0 Å². The van der Waals surface area contributed by atoms with E-state index in [1.165, 1.54) is 0 Å². The van der Waals surface area contributed by atoms with Crippen molar-refractivity contribution < 1.29 is 4.74 Å². The van der Waals surface area contributed by atoms with Crippen LogP contribution in [0.4, 0.5) is 0 Å². The van der Waals surface area contributed by atoms with Gasteiger partial charge in [-0.15, -0.1) is 12.4 Å². The summed E-state index contributed by atoms with van der Waals surface area (Å²) >= 11 is 5.73. The lowest BCUT2D eigenvalue weighted by Gasteiger charge is -2.05. The molecule has 17 heavy (non-hydrogen) atoms. The third-order valence-corrected chi connectivity index (χ3v) is 2.28. The lowest BCUT2D eigenvalue weighted by molar-refractivity contribution is 0.462. The third-order valence-electron chi connectivity index (χ3n) is 2.06. The Morgan fingerprint density at radius 2 is 2.06 bits per heavy atom. The topological polar surface area (TPSA) is 48.1 Å². The van der Waals surface area contributed by atoms with Crippen molar-refractivity contribution in [1.29, 1.82) is 0 Å². The summed E-state index contributed by atoms with van der Waals surface area (Å²) < 4.78 is 5.55. The van der Waals surface area contributed by atoms with E-state index in [4.69, 9.17) is 22.1 Å². The molecule has 0 bridgehead atoms. The number of pyridine rings is 1. The number of halogens is 2. The Bertz CT molecular complexity index is 474. The molecule has 90 valence electrons. The highest BCUT2D eigenvalue weighted by Crippen LogP contribution is 2.21. The first-order valence-corrected chi connectivity index (χ1v) is 5.24. The summed E-state index contributed by atoms with van der Waals surface area (Å²) in [6, 6.07) is 11.0. The number of nitrogens with zero attached hydrogens (tertiary/aromatic N) is 1. The maximum Gasteiger partial charge on any atom is 0.219 e. The van der Waals surface area contributed by atoms with E-state index in [1.807, 2.05) is 24.3 Å². The van der Waals surface area contributed by atoms with Crippen LogP contribution in [0.1, 0.15) is 5.56 Å². The molecule has 0 aliphatic carbocycles. The van der Waals surface area contributed by atoms with E-state index in [-0.39, 0.29) is 12.4 Å². The van der Waals surface area contributed by atoms with E-state index in [0.29, 0.717) is 17.4 Å². The molecule has 5 heteroatoms. The summed E-state index contributed by atoms with van der Waals surface area (Å²) in [6.45, 7) is 0.491.